The van der Waals surface area contributed by atoms with Crippen LogP contribution in [0.2, 0.25) is 0 Å². The first-order valence-electron chi connectivity index (χ1n) is 7.93. The highest BCUT2D eigenvalue weighted by Gasteiger charge is 2.11. The van der Waals surface area contributed by atoms with E-state index in [1.807, 2.05) is 0 Å². The lowest BCUT2D eigenvalue weighted by Crippen LogP contribution is -2.09. The summed E-state index contributed by atoms with van der Waals surface area (Å²) in [5.41, 5.74) is 3.94. The minimum Gasteiger partial charge on any atom is -0.381 e. The molecule has 3 heterocycles. The minimum absolute atomic E-state index is 0.356. The quantitative estimate of drug-likeness (QED) is 0.749. The maximum absolute atomic E-state index is 4.67. The Morgan fingerprint density at radius 3 is 2.65 bits per heavy atom. The summed E-state index contributed by atoms with van der Waals surface area (Å²) in [6.07, 6.45) is 2.54. The first-order valence-corrected chi connectivity index (χ1v) is 8.81. The molecular formula is C16H22N6S. The fourth-order valence-electron chi connectivity index (χ4n) is 2.27. The minimum atomic E-state index is 0.356. The molecule has 23 heavy (non-hydrogen) atoms. The predicted molar refractivity (Wildman–Crippen MR) is 93.3 cm³/mol. The highest BCUT2D eigenvalue weighted by molar-refractivity contribution is 7.09. The van der Waals surface area contributed by atoms with Gasteiger partial charge in [0.25, 0.3) is 0 Å². The van der Waals surface area contributed by atoms with Gasteiger partial charge in [-0.25, -0.2) is 4.98 Å². The normalized spacial score (nSPS) is 11.7. The van der Waals surface area contributed by atoms with Crippen LogP contribution in [-0.2, 0) is 6.42 Å². The summed E-state index contributed by atoms with van der Waals surface area (Å²) in [4.78, 5) is 4.67. The summed E-state index contributed by atoms with van der Waals surface area (Å²) < 4.78 is 1.73. The van der Waals surface area contributed by atoms with Gasteiger partial charge in [0.15, 0.2) is 0 Å². The topological polar surface area (TPSA) is 68.0 Å². The van der Waals surface area contributed by atoms with E-state index in [1.165, 1.54) is 5.69 Å². The molecule has 0 aliphatic carbocycles. The Kier molecular flexibility index (Phi) is 4.56. The van der Waals surface area contributed by atoms with Crippen LogP contribution in [0.5, 0.6) is 0 Å². The number of nitrogens with zero attached hydrogens (tertiary/aromatic N) is 5. The van der Waals surface area contributed by atoms with E-state index >= 15 is 0 Å². The molecule has 0 saturated heterocycles. The van der Waals surface area contributed by atoms with Crippen LogP contribution >= 0.6 is 11.3 Å². The molecule has 3 rings (SSSR count). The third-order valence-corrected chi connectivity index (χ3v) is 4.62. The first kappa shape index (κ1) is 15.9. The van der Waals surface area contributed by atoms with E-state index in [9.17, 15) is 0 Å². The van der Waals surface area contributed by atoms with Crippen LogP contribution in [0, 0.1) is 0 Å². The highest BCUT2D eigenvalue weighted by atomic mass is 32.1. The lowest BCUT2D eigenvalue weighted by molar-refractivity contribution is 0.762. The molecule has 0 aliphatic heterocycles. The number of fused-ring (bicyclic) bond motifs is 1. The number of hydrogen-bond donors (Lipinski definition) is 1. The number of hydrogen-bond acceptors (Lipinski definition) is 6. The Balaban J connectivity index is 1.72. The van der Waals surface area contributed by atoms with Crippen molar-refractivity contribution in [3.63, 3.8) is 0 Å². The van der Waals surface area contributed by atoms with Crippen LogP contribution in [0.3, 0.4) is 0 Å². The molecule has 0 aliphatic rings. The van der Waals surface area contributed by atoms with Crippen LogP contribution in [0.1, 0.15) is 55.9 Å². The molecule has 0 spiro atoms. The van der Waals surface area contributed by atoms with E-state index in [4.69, 9.17) is 0 Å². The SMILES string of the molecule is CC(C)c1csc(CCNc2cc(C(C)C)nn3cnnc23)n1. The van der Waals surface area contributed by atoms with Gasteiger partial charge in [-0.3, -0.25) is 0 Å². The van der Waals surface area contributed by atoms with E-state index in [0.29, 0.717) is 11.8 Å². The van der Waals surface area contributed by atoms with Crippen molar-refractivity contribution in [2.24, 2.45) is 0 Å². The summed E-state index contributed by atoms with van der Waals surface area (Å²) in [6, 6.07) is 2.07. The van der Waals surface area contributed by atoms with E-state index < -0.39 is 0 Å². The van der Waals surface area contributed by atoms with Gasteiger partial charge >= 0.3 is 0 Å². The first-order chi connectivity index (χ1) is 11.0. The van der Waals surface area contributed by atoms with E-state index in [2.05, 4.69) is 64.7 Å². The van der Waals surface area contributed by atoms with Crippen molar-refractivity contribution in [2.75, 3.05) is 11.9 Å². The van der Waals surface area contributed by atoms with Gasteiger partial charge in [-0.1, -0.05) is 27.7 Å². The molecule has 0 fully saturated rings. The second-order valence-electron chi connectivity index (χ2n) is 6.23. The van der Waals surface area contributed by atoms with Crippen LogP contribution in [0.4, 0.5) is 5.69 Å². The van der Waals surface area contributed by atoms with Gasteiger partial charge in [-0.2, -0.15) is 9.61 Å². The average Bonchev–Trinajstić information content (AvgIpc) is 3.15. The van der Waals surface area contributed by atoms with Gasteiger partial charge in [0.05, 0.1) is 22.1 Å². The molecule has 0 unspecified atom stereocenters. The largest absolute Gasteiger partial charge is 0.381 e. The molecule has 6 nitrogen and oxygen atoms in total. The second kappa shape index (κ2) is 6.62. The summed E-state index contributed by atoms with van der Waals surface area (Å²) in [5.74, 6) is 0.840. The molecule has 7 heteroatoms. The van der Waals surface area contributed by atoms with E-state index in [0.717, 1.165) is 35.0 Å². The molecule has 0 atom stereocenters. The van der Waals surface area contributed by atoms with Gasteiger partial charge in [0.2, 0.25) is 5.65 Å². The molecule has 3 aromatic rings. The molecule has 0 aromatic carbocycles. The van der Waals surface area contributed by atoms with Gasteiger partial charge in [-0.15, -0.1) is 21.5 Å². The standard InChI is InChI=1S/C16H22N6S/c1-10(2)12-7-13(16-20-18-9-22(16)21-12)17-6-5-15-19-14(8-23-15)11(3)4/h7-11,17H,5-6H2,1-4H3. The lowest BCUT2D eigenvalue weighted by Gasteiger charge is -2.10. The third kappa shape index (κ3) is 3.50. The Morgan fingerprint density at radius 2 is 1.96 bits per heavy atom. The fraction of sp³-hybridized carbons (Fsp3) is 0.500. The Hall–Kier alpha value is -2.02. The van der Waals surface area contributed by atoms with Crippen molar-refractivity contribution in [1.82, 2.24) is 24.8 Å². The molecule has 3 aromatic heterocycles. The second-order valence-corrected chi connectivity index (χ2v) is 7.18. The zero-order valence-electron chi connectivity index (χ0n) is 13.9. The maximum Gasteiger partial charge on any atom is 0.200 e. The molecule has 0 bridgehead atoms. The van der Waals surface area contributed by atoms with Crippen molar-refractivity contribution in [3.05, 3.63) is 34.2 Å². The van der Waals surface area contributed by atoms with E-state index in [1.54, 1.807) is 22.2 Å². The van der Waals surface area contributed by atoms with E-state index in [-0.39, 0.29) is 0 Å². The summed E-state index contributed by atoms with van der Waals surface area (Å²) >= 11 is 1.73. The third-order valence-electron chi connectivity index (χ3n) is 3.69. The van der Waals surface area contributed by atoms with Crippen molar-refractivity contribution in [2.45, 2.75) is 46.0 Å². The average molecular weight is 330 g/mol. The van der Waals surface area contributed by atoms with Gasteiger partial charge in [0.1, 0.15) is 6.33 Å². The number of aromatic nitrogens is 5. The zero-order chi connectivity index (χ0) is 16.4. The van der Waals surface area contributed by atoms with Crippen LogP contribution in [0.15, 0.2) is 17.8 Å². The molecule has 0 saturated carbocycles. The van der Waals surface area contributed by atoms with Crippen molar-refractivity contribution in [3.8, 4) is 0 Å². The maximum atomic E-state index is 4.67. The van der Waals surface area contributed by atoms with Gasteiger partial charge in [0, 0.05) is 18.3 Å². The summed E-state index contributed by atoms with van der Waals surface area (Å²) in [6.45, 7) is 9.42. The van der Waals surface area contributed by atoms with Crippen molar-refractivity contribution < 1.29 is 0 Å². The van der Waals surface area contributed by atoms with Gasteiger partial charge in [-0.05, 0) is 17.9 Å². The Bertz CT molecular complexity index is 789. The number of thiazole rings is 1. The molecule has 1 N–H and O–H groups in total. The zero-order valence-corrected chi connectivity index (χ0v) is 14.8. The predicted octanol–water partition coefficient (Wildman–Crippen LogP) is 3.48. The van der Waals surface area contributed by atoms with Gasteiger partial charge < -0.3 is 5.32 Å². The molecule has 122 valence electrons. The van der Waals surface area contributed by atoms with Crippen LogP contribution in [-0.4, -0.2) is 31.3 Å². The number of nitrogens with one attached hydrogen (secondary N) is 1. The lowest BCUT2D eigenvalue weighted by atomic mass is 10.1. The summed E-state index contributed by atoms with van der Waals surface area (Å²) in [5, 5.41) is 19.4. The number of anilines is 1. The van der Waals surface area contributed by atoms with Crippen molar-refractivity contribution >= 4 is 22.7 Å². The van der Waals surface area contributed by atoms with Crippen molar-refractivity contribution in [1.29, 1.82) is 0 Å². The monoisotopic (exact) mass is 330 g/mol. The Morgan fingerprint density at radius 1 is 1.17 bits per heavy atom. The number of rotatable bonds is 6. The Labute approximate surface area is 140 Å². The van der Waals surface area contributed by atoms with Crippen LogP contribution < -0.4 is 5.32 Å². The highest BCUT2D eigenvalue weighted by Crippen LogP contribution is 2.21. The molecule has 0 amide bonds. The fourth-order valence-corrected chi connectivity index (χ4v) is 3.23. The smallest absolute Gasteiger partial charge is 0.200 e. The van der Waals surface area contributed by atoms with Crippen LogP contribution in [0.25, 0.3) is 5.65 Å². The molecule has 0 radical (unpaired) electrons. The summed E-state index contributed by atoms with van der Waals surface area (Å²) in [7, 11) is 0. The molecular weight excluding hydrogens is 308 g/mol.